The van der Waals surface area contributed by atoms with Crippen molar-refractivity contribution in [2.75, 3.05) is 7.11 Å². The molecule has 3 unspecified atom stereocenters. The first-order valence-electron chi connectivity index (χ1n) is 7.15. The second kappa shape index (κ2) is 5.88. The topological polar surface area (TPSA) is 34.4 Å². The predicted octanol–water partition coefficient (Wildman–Crippen LogP) is 4.41. The second-order valence-electron chi connectivity index (χ2n) is 5.53. The van der Waals surface area contributed by atoms with Crippen LogP contribution in [0.15, 0.2) is 33.2 Å². The van der Waals surface area contributed by atoms with Gasteiger partial charge in [0.15, 0.2) is 0 Å². The zero-order chi connectivity index (χ0) is 14.1. The largest absolute Gasteiger partial charge is 0.459 e. The molecule has 2 aromatic rings. The number of halogens is 1. The van der Waals surface area contributed by atoms with Gasteiger partial charge in [-0.25, -0.2) is 0 Å². The molecule has 0 saturated heterocycles. The summed E-state index contributed by atoms with van der Waals surface area (Å²) in [5.41, 5.74) is 0.937. The Kier molecular flexibility index (Phi) is 4.15. The number of nitrogens with one attached hydrogen (secondary N) is 1. The minimum Gasteiger partial charge on any atom is -0.459 e. The van der Waals surface area contributed by atoms with Crippen LogP contribution in [0.2, 0.25) is 0 Å². The standard InChI is InChI=1S/C16H20BrNO2/c1-10(18-13-4-3-5-15(13)19-2)16-9-11-8-12(17)6-7-14(11)20-16/h6-10,13,15,18H,3-5H2,1-2H3. The molecule has 1 aromatic carbocycles. The highest BCUT2D eigenvalue weighted by Crippen LogP contribution is 2.29. The van der Waals surface area contributed by atoms with E-state index in [0.717, 1.165) is 27.6 Å². The molecule has 3 atom stereocenters. The number of hydrogen-bond acceptors (Lipinski definition) is 3. The van der Waals surface area contributed by atoms with Crippen molar-refractivity contribution >= 4 is 26.9 Å². The average Bonchev–Trinajstić information content (AvgIpc) is 3.04. The Morgan fingerprint density at radius 3 is 3.00 bits per heavy atom. The van der Waals surface area contributed by atoms with Crippen LogP contribution in [0, 0.1) is 0 Å². The number of benzene rings is 1. The highest BCUT2D eigenvalue weighted by Gasteiger charge is 2.28. The van der Waals surface area contributed by atoms with E-state index in [9.17, 15) is 0 Å². The summed E-state index contributed by atoms with van der Waals surface area (Å²) in [4.78, 5) is 0. The van der Waals surface area contributed by atoms with Crippen LogP contribution in [0.25, 0.3) is 11.0 Å². The zero-order valence-corrected chi connectivity index (χ0v) is 13.4. The summed E-state index contributed by atoms with van der Waals surface area (Å²) in [6, 6.07) is 8.84. The number of fused-ring (bicyclic) bond motifs is 1. The van der Waals surface area contributed by atoms with Gasteiger partial charge in [0.2, 0.25) is 0 Å². The molecule has 1 N–H and O–H groups in total. The van der Waals surface area contributed by atoms with Gasteiger partial charge in [0.05, 0.1) is 12.1 Å². The first-order valence-corrected chi connectivity index (χ1v) is 7.94. The fourth-order valence-corrected chi connectivity index (χ4v) is 3.43. The summed E-state index contributed by atoms with van der Waals surface area (Å²) in [7, 11) is 1.80. The summed E-state index contributed by atoms with van der Waals surface area (Å²) >= 11 is 3.49. The normalized spacial score (nSPS) is 24.4. The van der Waals surface area contributed by atoms with Gasteiger partial charge in [-0.2, -0.15) is 0 Å². The van der Waals surface area contributed by atoms with Gasteiger partial charge < -0.3 is 14.5 Å². The smallest absolute Gasteiger partial charge is 0.134 e. The summed E-state index contributed by atoms with van der Waals surface area (Å²) in [5, 5.41) is 4.78. The monoisotopic (exact) mass is 337 g/mol. The minimum atomic E-state index is 0.196. The quantitative estimate of drug-likeness (QED) is 0.896. The van der Waals surface area contributed by atoms with Gasteiger partial charge in [0, 0.05) is 23.0 Å². The van der Waals surface area contributed by atoms with Crippen LogP contribution in [0.3, 0.4) is 0 Å². The van der Waals surface area contributed by atoms with Crippen LogP contribution in [0.1, 0.15) is 38.0 Å². The summed E-state index contributed by atoms with van der Waals surface area (Å²) in [6.07, 6.45) is 3.88. The molecule has 108 valence electrons. The van der Waals surface area contributed by atoms with Crippen molar-refractivity contribution in [3.8, 4) is 0 Å². The third-order valence-corrected chi connectivity index (χ3v) is 4.64. The summed E-state index contributed by atoms with van der Waals surface area (Å²) in [6.45, 7) is 2.15. The maximum absolute atomic E-state index is 5.94. The van der Waals surface area contributed by atoms with Crippen LogP contribution >= 0.6 is 15.9 Å². The second-order valence-corrected chi connectivity index (χ2v) is 6.45. The predicted molar refractivity (Wildman–Crippen MR) is 83.9 cm³/mol. The van der Waals surface area contributed by atoms with E-state index in [4.69, 9.17) is 9.15 Å². The summed E-state index contributed by atoms with van der Waals surface area (Å²) < 4.78 is 12.6. The molecule has 4 heteroatoms. The van der Waals surface area contributed by atoms with Gasteiger partial charge in [-0.3, -0.25) is 0 Å². The number of furan rings is 1. The van der Waals surface area contributed by atoms with Crippen molar-refractivity contribution in [2.45, 2.75) is 44.4 Å². The minimum absolute atomic E-state index is 0.196. The van der Waals surface area contributed by atoms with Crippen LogP contribution in [0.5, 0.6) is 0 Å². The van der Waals surface area contributed by atoms with E-state index in [1.807, 2.05) is 12.1 Å². The molecule has 0 amide bonds. The number of hydrogen-bond donors (Lipinski definition) is 1. The van der Waals surface area contributed by atoms with Crippen molar-refractivity contribution in [1.29, 1.82) is 0 Å². The molecule has 0 aliphatic heterocycles. The van der Waals surface area contributed by atoms with E-state index in [2.05, 4.69) is 40.3 Å². The van der Waals surface area contributed by atoms with Crippen LogP contribution in [0.4, 0.5) is 0 Å². The molecule has 3 rings (SSSR count). The Bertz CT molecular complexity index is 595. The third-order valence-electron chi connectivity index (χ3n) is 4.14. The lowest BCUT2D eigenvalue weighted by molar-refractivity contribution is 0.0811. The van der Waals surface area contributed by atoms with E-state index in [0.29, 0.717) is 12.1 Å². The van der Waals surface area contributed by atoms with Crippen molar-refractivity contribution in [1.82, 2.24) is 5.32 Å². The van der Waals surface area contributed by atoms with Crippen LogP contribution < -0.4 is 5.32 Å². The zero-order valence-electron chi connectivity index (χ0n) is 11.9. The molecule has 1 fully saturated rings. The first-order chi connectivity index (χ1) is 9.67. The average molecular weight is 338 g/mol. The van der Waals surface area contributed by atoms with Gasteiger partial charge >= 0.3 is 0 Å². The fourth-order valence-electron chi connectivity index (χ4n) is 3.05. The van der Waals surface area contributed by atoms with Crippen molar-refractivity contribution < 1.29 is 9.15 Å². The van der Waals surface area contributed by atoms with Gasteiger partial charge in [-0.15, -0.1) is 0 Å². The molecule has 1 aliphatic rings. The molecule has 0 radical (unpaired) electrons. The molecular formula is C16H20BrNO2. The molecule has 1 aliphatic carbocycles. The molecule has 0 bridgehead atoms. The fraction of sp³-hybridized carbons (Fsp3) is 0.500. The molecular weight excluding hydrogens is 318 g/mol. The van der Waals surface area contributed by atoms with Crippen LogP contribution in [-0.2, 0) is 4.74 Å². The van der Waals surface area contributed by atoms with Crippen molar-refractivity contribution in [3.05, 3.63) is 34.5 Å². The Hall–Kier alpha value is -0.840. The number of ether oxygens (including phenoxy) is 1. The number of rotatable bonds is 4. The lowest BCUT2D eigenvalue weighted by Crippen LogP contribution is -2.38. The number of methoxy groups -OCH3 is 1. The van der Waals surface area contributed by atoms with E-state index >= 15 is 0 Å². The van der Waals surface area contributed by atoms with Gasteiger partial charge in [-0.1, -0.05) is 15.9 Å². The van der Waals surface area contributed by atoms with E-state index in [1.165, 1.54) is 12.8 Å². The summed E-state index contributed by atoms with van der Waals surface area (Å²) in [5.74, 6) is 0.986. The van der Waals surface area contributed by atoms with Crippen molar-refractivity contribution in [2.24, 2.45) is 0 Å². The molecule has 1 aromatic heterocycles. The molecule has 20 heavy (non-hydrogen) atoms. The maximum atomic E-state index is 5.94. The first kappa shape index (κ1) is 14.1. The lowest BCUT2D eigenvalue weighted by Gasteiger charge is -2.23. The molecule has 0 spiro atoms. The maximum Gasteiger partial charge on any atom is 0.134 e. The third kappa shape index (κ3) is 2.78. The SMILES string of the molecule is COC1CCCC1NC(C)c1cc2cc(Br)ccc2o1. The van der Waals surface area contributed by atoms with E-state index in [-0.39, 0.29) is 6.04 Å². The van der Waals surface area contributed by atoms with Gasteiger partial charge in [-0.05, 0) is 50.5 Å². The molecule has 1 heterocycles. The Labute approximate surface area is 127 Å². The highest BCUT2D eigenvalue weighted by atomic mass is 79.9. The molecule has 3 nitrogen and oxygen atoms in total. The van der Waals surface area contributed by atoms with Crippen molar-refractivity contribution in [3.63, 3.8) is 0 Å². The van der Waals surface area contributed by atoms with Gasteiger partial charge in [0.1, 0.15) is 11.3 Å². The Balaban J connectivity index is 1.76. The van der Waals surface area contributed by atoms with E-state index in [1.54, 1.807) is 7.11 Å². The Morgan fingerprint density at radius 1 is 1.35 bits per heavy atom. The Morgan fingerprint density at radius 2 is 2.20 bits per heavy atom. The highest BCUT2D eigenvalue weighted by molar-refractivity contribution is 9.10. The van der Waals surface area contributed by atoms with E-state index < -0.39 is 0 Å². The van der Waals surface area contributed by atoms with Gasteiger partial charge in [0.25, 0.3) is 0 Å². The van der Waals surface area contributed by atoms with Crippen LogP contribution in [-0.4, -0.2) is 19.3 Å². The lowest BCUT2D eigenvalue weighted by atomic mass is 10.1. The molecule has 1 saturated carbocycles.